The van der Waals surface area contributed by atoms with Gasteiger partial charge in [-0.25, -0.2) is 9.59 Å². The number of methoxy groups -OCH3 is 2. The Kier molecular flexibility index (Phi) is 7.92. The molecule has 2 amide bonds. The Bertz CT molecular complexity index is 831. The summed E-state index contributed by atoms with van der Waals surface area (Å²) >= 11 is 0. The number of hydrogen-bond acceptors (Lipinski definition) is 6. The van der Waals surface area contributed by atoms with Gasteiger partial charge >= 0.3 is 12.0 Å². The average molecular weight is 432 g/mol. The lowest BCUT2D eigenvalue weighted by atomic mass is 9.93. The van der Waals surface area contributed by atoms with Gasteiger partial charge < -0.3 is 24.8 Å². The molecule has 0 bridgehead atoms. The van der Waals surface area contributed by atoms with Crippen LogP contribution in [-0.4, -0.2) is 57.4 Å². The van der Waals surface area contributed by atoms with E-state index in [4.69, 9.17) is 14.2 Å². The van der Waals surface area contributed by atoms with Crippen molar-refractivity contribution < 1.29 is 23.8 Å². The van der Waals surface area contributed by atoms with Crippen LogP contribution in [0, 0.1) is 5.92 Å². The highest BCUT2D eigenvalue weighted by Gasteiger charge is 2.35. The maximum Gasteiger partial charge on any atom is 0.338 e. The van der Waals surface area contributed by atoms with Gasteiger partial charge in [0.1, 0.15) is 5.75 Å². The highest BCUT2D eigenvalue weighted by Crippen LogP contribution is 2.32. The molecule has 170 valence electrons. The monoisotopic (exact) mass is 431 g/mol. The number of amides is 2. The first-order valence-electron chi connectivity index (χ1n) is 10.8. The summed E-state index contributed by atoms with van der Waals surface area (Å²) in [7, 11) is 3.21. The van der Waals surface area contributed by atoms with Gasteiger partial charge in [0, 0.05) is 24.9 Å². The number of rotatable bonds is 8. The predicted molar refractivity (Wildman–Crippen MR) is 117 cm³/mol. The number of piperidine rings is 1. The fourth-order valence-corrected chi connectivity index (χ4v) is 4.13. The van der Waals surface area contributed by atoms with Crippen LogP contribution in [0.15, 0.2) is 29.5 Å². The smallest absolute Gasteiger partial charge is 0.338 e. The van der Waals surface area contributed by atoms with Gasteiger partial charge in [0.15, 0.2) is 0 Å². The summed E-state index contributed by atoms with van der Waals surface area (Å²) in [4.78, 5) is 27.8. The number of benzene rings is 1. The zero-order valence-electron chi connectivity index (χ0n) is 18.8. The SMILES string of the molecule is CCOC(=O)C1=C(CN2CCC(C)CC2)NC(=O)NC1c1ccc(OC)c(COC)c1. The number of carbonyl (C=O) groups excluding carboxylic acids is 2. The molecule has 1 saturated heterocycles. The molecule has 2 aliphatic heterocycles. The molecule has 0 saturated carbocycles. The number of nitrogens with zero attached hydrogens (tertiary/aromatic N) is 1. The largest absolute Gasteiger partial charge is 0.496 e. The Hall–Kier alpha value is -2.58. The number of esters is 1. The summed E-state index contributed by atoms with van der Waals surface area (Å²) in [5.41, 5.74) is 2.65. The first-order valence-corrected chi connectivity index (χ1v) is 10.8. The second-order valence-corrected chi connectivity index (χ2v) is 8.11. The van der Waals surface area contributed by atoms with E-state index in [2.05, 4.69) is 22.5 Å². The summed E-state index contributed by atoms with van der Waals surface area (Å²) in [5, 5.41) is 5.76. The van der Waals surface area contributed by atoms with Gasteiger partial charge in [-0.1, -0.05) is 13.0 Å². The lowest BCUT2D eigenvalue weighted by molar-refractivity contribution is -0.139. The molecule has 2 aliphatic rings. The number of hydrogen-bond donors (Lipinski definition) is 2. The van der Waals surface area contributed by atoms with E-state index in [-0.39, 0.29) is 12.6 Å². The predicted octanol–water partition coefficient (Wildman–Crippen LogP) is 2.74. The van der Waals surface area contributed by atoms with Gasteiger partial charge in [0.25, 0.3) is 0 Å². The molecule has 1 fully saturated rings. The van der Waals surface area contributed by atoms with E-state index < -0.39 is 12.0 Å². The van der Waals surface area contributed by atoms with E-state index in [0.29, 0.717) is 36.1 Å². The second kappa shape index (κ2) is 10.6. The zero-order chi connectivity index (χ0) is 22.4. The van der Waals surface area contributed by atoms with Crippen LogP contribution in [-0.2, 0) is 20.9 Å². The standard InChI is InChI=1S/C23H33N3O5/c1-5-31-22(27)20-18(13-26-10-8-15(2)9-11-26)24-23(28)25-21(20)16-6-7-19(30-4)17(12-16)14-29-3/h6-7,12,15,21H,5,8-11,13-14H2,1-4H3,(H2,24,25,28). The summed E-state index contributed by atoms with van der Waals surface area (Å²) in [6.45, 7) is 7.03. The Labute approximate surface area is 183 Å². The Morgan fingerprint density at radius 3 is 2.61 bits per heavy atom. The third-order valence-corrected chi connectivity index (χ3v) is 5.84. The fraction of sp³-hybridized carbons (Fsp3) is 0.565. The number of urea groups is 1. The van der Waals surface area contributed by atoms with Crippen LogP contribution in [0.4, 0.5) is 4.79 Å². The molecule has 31 heavy (non-hydrogen) atoms. The van der Waals surface area contributed by atoms with E-state index >= 15 is 0 Å². The van der Waals surface area contributed by atoms with Crippen LogP contribution in [0.25, 0.3) is 0 Å². The van der Waals surface area contributed by atoms with Crippen LogP contribution in [0.2, 0.25) is 0 Å². The molecule has 2 N–H and O–H groups in total. The summed E-state index contributed by atoms with van der Waals surface area (Å²) in [6.07, 6.45) is 2.22. The molecule has 3 rings (SSSR count). The molecule has 0 aliphatic carbocycles. The second-order valence-electron chi connectivity index (χ2n) is 8.11. The van der Waals surface area contributed by atoms with E-state index in [1.54, 1.807) is 21.1 Å². The van der Waals surface area contributed by atoms with Crippen LogP contribution >= 0.6 is 0 Å². The Morgan fingerprint density at radius 1 is 1.23 bits per heavy atom. The first kappa shape index (κ1) is 23.1. The molecular formula is C23H33N3O5. The fourth-order valence-electron chi connectivity index (χ4n) is 4.13. The van der Waals surface area contributed by atoms with Crippen molar-refractivity contribution in [2.75, 3.05) is 40.5 Å². The van der Waals surface area contributed by atoms with E-state index in [1.165, 1.54) is 0 Å². The third-order valence-electron chi connectivity index (χ3n) is 5.84. The van der Waals surface area contributed by atoms with Crippen molar-refractivity contribution in [2.45, 2.75) is 39.3 Å². The molecule has 0 aromatic heterocycles. The van der Waals surface area contributed by atoms with Crippen molar-refractivity contribution >= 4 is 12.0 Å². The molecule has 1 unspecified atom stereocenters. The van der Waals surface area contributed by atoms with Crippen molar-refractivity contribution in [3.8, 4) is 5.75 Å². The quantitative estimate of drug-likeness (QED) is 0.616. The number of nitrogens with one attached hydrogen (secondary N) is 2. The van der Waals surface area contributed by atoms with Gasteiger partial charge in [-0.3, -0.25) is 4.90 Å². The zero-order valence-corrected chi connectivity index (χ0v) is 18.8. The molecular weight excluding hydrogens is 398 g/mol. The minimum absolute atomic E-state index is 0.259. The Balaban J connectivity index is 1.99. The van der Waals surface area contributed by atoms with Crippen molar-refractivity contribution in [3.63, 3.8) is 0 Å². The first-order chi connectivity index (χ1) is 15.0. The van der Waals surface area contributed by atoms with E-state index in [9.17, 15) is 9.59 Å². The van der Waals surface area contributed by atoms with Gasteiger partial charge in [-0.2, -0.15) is 0 Å². The molecule has 8 heteroatoms. The molecule has 0 spiro atoms. The topological polar surface area (TPSA) is 89.1 Å². The minimum Gasteiger partial charge on any atom is -0.496 e. The summed E-state index contributed by atoms with van der Waals surface area (Å²) in [6, 6.07) is 4.63. The number of ether oxygens (including phenoxy) is 3. The minimum atomic E-state index is -0.618. The van der Waals surface area contributed by atoms with Crippen LogP contribution < -0.4 is 15.4 Å². The summed E-state index contributed by atoms with van der Waals surface area (Å²) < 4.78 is 16.1. The van der Waals surface area contributed by atoms with Gasteiger partial charge in [-0.05, 0) is 56.5 Å². The van der Waals surface area contributed by atoms with Crippen molar-refractivity contribution in [2.24, 2.45) is 5.92 Å². The van der Waals surface area contributed by atoms with Crippen LogP contribution in [0.3, 0.4) is 0 Å². The lowest BCUT2D eigenvalue weighted by Crippen LogP contribution is -2.49. The van der Waals surface area contributed by atoms with Crippen LogP contribution in [0.1, 0.15) is 43.9 Å². The van der Waals surface area contributed by atoms with Crippen molar-refractivity contribution in [1.29, 1.82) is 0 Å². The van der Waals surface area contributed by atoms with Gasteiger partial charge in [-0.15, -0.1) is 0 Å². The van der Waals surface area contributed by atoms with Crippen molar-refractivity contribution in [1.82, 2.24) is 15.5 Å². The molecule has 8 nitrogen and oxygen atoms in total. The van der Waals surface area contributed by atoms with E-state index in [1.807, 2.05) is 18.2 Å². The third kappa shape index (κ3) is 5.57. The lowest BCUT2D eigenvalue weighted by Gasteiger charge is -2.34. The number of carbonyl (C=O) groups is 2. The van der Waals surface area contributed by atoms with Crippen molar-refractivity contribution in [3.05, 3.63) is 40.6 Å². The molecule has 1 aromatic carbocycles. The molecule has 1 atom stereocenters. The average Bonchev–Trinajstić information content (AvgIpc) is 2.75. The Morgan fingerprint density at radius 2 is 1.97 bits per heavy atom. The maximum atomic E-state index is 13.0. The highest BCUT2D eigenvalue weighted by atomic mass is 16.5. The molecule has 2 heterocycles. The highest BCUT2D eigenvalue weighted by molar-refractivity contribution is 5.95. The van der Waals surface area contributed by atoms with Gasteiger partial charge in [0.2, 0.25) is 0 Å². The normalized spacial score (nSPS) is 20.3. The molecule has 0 radical (unpaired) electrons. The van der Waals surface area contributed by atoms with E-state index in [0.717, 1.165) is 37.1 Å². The number of likely N-dealkylation sites (tertiary alicyclic amines) is 1. The van der Waals surface area contributed by atoms with Gasteiger partial charge in [0.05, 0.1) is 31.9 Å². The van der Waals surface area contributed by atoms with Crippen LogP contribution in [0.5, 0.6) is 5.75 Å². The maximum absolute atomic E-state index is 13.0. The molecule has 1 aromatic rings. The summed E-state index contributed by atoms with van der Waals surface area (Å²) in [5.74, 6) is 0.961.